The molecular formula is C22H26N2O8S. The maximum absolute atomic E-state index is 13.5. The summed E-state index contributed by atoms with van der Waals surface area (Å²) in [5, 5.41) is 55.8. The van der Waals surface area contributed by atoms with Gasteiger partial charge in [0.1, 0.15) is 23.2 Å². The Labute approximate surface area is 194 Å². The van der Waals surface area contributed by atoms with Crippen LogP contribution in [0.3, 0.4) is 0 Å². The Balaban J connectivity index is 2.01. The minimum absolute atomic E-state index is 0.0688. The standard InChI is InChI=1S/C22H26N2O8S/c1-24(2)15-14-17(27)11-8(6-33)7-4-3-5-9(25)10(7)16(26)12(11)19(29)22(14,32)20(30)13(18(15)28)21(23)31/h3-5,8,11-12,14-15,17,19,25,27,29-30,32-33H,6H2,1-2H3,(H2,23,31)/t8-,11?,12?,14?,15-,17-,19?,22-/m0/s1. The number of likely N-dealkylation sites (N-methyl/N-ethyl adjacent to an activating group) is 1. The topological polar surface area (TPSA) is 182 Å². The SMILES string of the molecule is CN(C)[C@@H]1C(=O)C(C(N)=O)=C(O)[C@@]2(O)C(O)C3C(=O)c4c(O)cccc4[C@H](CS)C3[C@H](O)C12. The number of primary amides is 1. The highest BCUT2D eigenvalue weighted by atomic mass is 32.1. The zero-order valence-electron chi connectivity index (χ0n) is 17.9. The molecule has 0 aromatic heterocycles. The smallest absolute Gasteiger partial charge is 0.255 e. The molecule has 0 heterocycles. The Morgan fingerprint density at radius 1 is 1.18 bits per heavy atom. The van der Waals surface area contributed by atoms with E-state index in [1.165, 1.54) is 25.1 Å². The molecule has 10 nitrogen and oxygen atoms in total. The zero-order chi connectivity index (χ0) is 24.6. The van der Waals surface area contributed by atoms with Gasteiger partial charge < -0.3 is 31.3 Å². The van der Waals surface area contributed by atoms with Crippen LogP contribution in [0.4, 0.5) is 0 Å². The van der Waals surface area contributed by atoms with Crippen molar-refractivity contribution in [1.29, 1.82) is 0 Å². The van der Waals surface area contributed by atoms with Crippen molar-refractivity contribution in [3.05, 3.63) is 40.7 Å². The molecule has 4 unspecified atom stereocenters. The summed E-state index contributed by atoms with van der Waals surface area (Å²) < 4.78 is 0. The maximum Gasteiger partial charge on any atom is 0.255 e. The third kappa shape index (κ3) is 2.93. The number of thiol groups is 1. The molecule has 4 rings (SSSR count). The molecule has 1 aromatic carbocycles. The Hall–Kier alpha value is -2.44. The second-order valence-electron chi connectivity index (χ2n) is 9.14. The van der Waals surface area contributed by atoms with Gasteiger partial charge in [-0.05, 0) is 37.4 Å². The summed E-state index contributed by atoms with van der Waals surface area (Å²) in [6, 6.07) is 3.13. The van der Waals surface area contributed by atoms with Crippen LogP contribution in [0.1, 0.15) is 21.8 Å². The summed E-state index contributed by atoms with van der Waals surface area (Å²) in [5.74, 6) is -8.94. The fourth-order valence-corrected chi connectivity index (χ4v) is 6.52. The molecule has 33 heavy (non-hydrogen) atoms. The van der Waals surface area contributed by atoms with Crippen LogP contribution in [0.25, 0.3) is 0 Å². The number of nitrogens with zero attached hydrogens (tertiary/aromatic N) is 1. The van der Waals surface area contributed by atoms with E-state index in [-0.39, 0.29) is 17.1 Å². The number of carbonyl (C=O) groups excluding carboxylic acids is 3. The van der Waals surface area contributed by atoms with Crippen molar-refractivity contribution in [3.63, 3.8) is 0 Å². The molecular weight excluding hydrogens is 452 g/mol. The second-order valence-corrected chi connectivity index (χ2v) is 9.51. The average Bonchev–Trinajstić information content (AvgIpc) is 2.73. The predicted molar refractivity (Wildman–Crippen MR) is 118 cm³/mol. The number of aromatic hydroxyl groups is 1. The van der Waals surface area contributed by atoms with E-state index < -0.39 is 76.3 Å². The highest BCUT2D eigenvalue weighted by molar-refractivity contribution is 7.80. The molecule has 178 valence electrons. The monoisotopic (exact) mass is 478 g/mol. The summed E-state index contributed by atoms with van der Waals surface area (Å²) in [4.78, 5) is 39.9. The van der Waals surface area contributed by atoms with E-state index in [4.69, 9.17) is 5.73 Å². The van der Waals surface area contributed by atoms with E-state index in [2.05, 4.69) is 12.6 Å². The van der Waals surface area contributed by atoms with Crippen LogP contribution in [0, 0.1) is 17.8 Å². The molecule has 3 aliphatic carbocycles. The first-order valence-electron chi connectivity index (χ1n) is 10.4. The number of Topliss-reactive ketones (excluding diaryl/α,β-unsaturated/α-hetero) is 2. The van der Waals surface area contributed by atoms with Gasteiger partial charge in [0.15, 0.2) is 17.2 Å². The molecule has 1 saturated carbocycles. The van der Waals surface area contributed by atoms with Crippen LogP contribution >= 0.6 is 12.6 Å². The van der Waals surface area contributed by atoms with E-state index in [9.17, 15) is 39.9 Å². The van der Waals surface area contributed by atoms with Gasteiger partial charge in [-0.2, -0.15) is 12.6 Å². The minimum atomic E-state index is -2.73. The van der Waals surface area contributed by atoms with E-state index in [1.807, 2.05) is 0 Å². The number of phenols is 1. The Morgan fingerprint density at radius 3 is 2.36 bits per heavy atom. The number of benzene rings is 1. The van der Waals surface area contributed by atoms with Crippen molar-refractivity contribution in [3.8, 4) is 5.75 Å². The van der Waals surface area contributed by atoms with Crippen molar-refractivity contribution in [1.82, 2.24) is 4.90 Å². The highest BCUT2D eigenvalue weighted by Gasteiger charge is 2.70. The summed E-state index contributed by atoms with van der Waals surface area (Å²) in [7, 11) is 2.95. The number of aliphatic hydroxyl groups is 4. The van der Waals surface area contributed by atoms with Gasteiger partial charge >= 0.3 is 0 Å². The first-order chi connectivity index (χ1) is 15.4. The van der Waals surface area contributed by atoms with E-state index in [0.29, 0.717) is 5.56 Å². The molecule has 0 aliphatic heterocycles. The Kier molecular flexibility index (Phi) is 5.61. The number of ketones is 2. The third-order valence-corrected chi connectivity index (χ3v) is 7.83. The predicted octanol–water partition coefficient (Wildman–Crippen LogP) is -1.27. The number of rotatable bonds is 3. The summed E-state index contributed by atoms with van der Waals surface area (Å²) >= 11 is 4.37. The normalized spacial score (nSPS) is 38.1. The fourth-order valence-electron chi connectivity index (χ4n) is 6.08. The number of carbonyl (C=O) groups is 3. The van der Waals surface area contributed by atoms with Gasteiger partial charge in [-0.3, -0.25) is 19.3 Å². The van der Waals surface area contributed by atoms with Gasteiger partial charge in [-0.1, -0.05) is 12.1 Å². The molecule has 8 atom stereocenters. The van der Waals surface area contributed by atoms with E-state index in [0.717, 1.165) is 0 Å². The molecule has 0 bridgehead atoms. The molecule has 0 radical (unpaired) electrons. The zero-order valence-corrected chi connectivity index (χ0v) is 18.8. The number of hydrogen-bond donors (Lipinski definition) is 7. The van der Waals surface area contributed by atoms with Crippen LogP contribution in [-0.2, 0) is 9.59 Å². The molecule has 0 spiro atoms. The van der Waals surface area contributed by atoms with Gasteiger partial charge in [0, 0.05) is 11.8 Å². The second kappa shape index (κ2) is 7.81. The minimum Gasteiger partial charge on any atom is -0.508 e. The Bertz CT molecular complexity index is 1090. The fraction of sp³-hybridized carbons (Fsp3) is 0.500. The number of amides is 1. The van der Waals surface area contributed by atoms with Crippen molar-refractivity contribution in [2.75, 3.05) is 19.8 Å². The maximum atomic E-state index is 13.5. The third-order valence-electron chi connectivity index (χ3n) is 7.43. The average molecular weight is 479 g/mol. The van der Waals surface area contributed by atoms with Crippen LogP contribution in [0.5, 0.6) is 5.75 Å². The molecule has 11 heteroatoms. The number of aliphatic hydroxyl groups excluding tert-OH is 3. The first kappa shape index (κ1) is 23.7. The largest absolute Gasteiger partial charge is 0.508 e. The van der Waals surface area contributed by atoms with Crippen molar-refractivity contribution < 1.29 is 39.9 Å². The number of nitrogens with two attached hydrogens (primary N) is 1. The van der Waals surface area contributed by atoms with Gasteiger partial charge in [0.25, 0.3) is 5.91 Å². The molecule has 0 saturated heterocycles. The lowest BCUT2D eigenvalue weighted by atomic mass is 9.50. The number of phenolic OH excluding ortho intramolecular Hbond substituents is 1. The van der Waals surface area contributed by atoms with Crippen molar-refractivity contribution in [2.24, 2.45) is 23.5 Å². The number of fused-ring (bicyclic) bond motifs is 3. The number of hydrogen-bond acceptors (Lipinski definition) is 10. The summed E-state index contributed by atoms with van der Waals surface area (Å²) in [5.41, 5.74) is 2.03. The van der Waals surface area contributed by atoms with Crippen LogP contribution in [0.15, 0.2) is 29.5 Å². The highest BCUT2D eigenvalue weighted by Crippen LogP contribution is 2.57. The van der Waals surface area contributed by atoms with Gasteiger partial charge in [0.05, 0.1) is 23.6 Å². The lowest BCUT2D eigenvalue weighted by Crippen LogP contribution is -2.74. The molecule has 1 aromatic rings. The molecule has 1 amide bonds. The molecule has 7 N–H and O–H groups in total. The molecule has 3 aliphatic rings. The van der Waals surface area contributed by atoms with Gasteiger partial charge in [-0.15, -0.1) is 0 Å². The van der Waals surface area contributed by atoms with Crippen LogP contribution in [0.2, 0.25) is 0 Å². The summed E-state index contributed by atoms with van der Waals surface area (Å²) in [6.45, 7) is 0. The molecule has 1 fully saturated rings. The summed E-state index contributed by atoms with van der Waals surface area (Å²) in [6.07, 6.45) is -3.60. The van der Waals surface area contributed by atoms with Crippen molar-refractivity contribution in [2.45, 2.75) is 29.8 Å². The van der Waals surface area contributed by atoms with Crippen LogP contribution < -0.4 is 5.73 Å². The Morgan fingerprint density at radius 2 is 1.82 bits per heavy atom. The van der Waals surface area contributed by atoms with Crippen molar-refractivity contribution >= 4 is 30.1 Å². The first-order valence-corrected chi connectivity index (χ1v) is 11.0. The van der Waals surface area contributed by atoms with Gasteiger partial charge in [-0.25, -0.2) is 0 Å². The van der Waals surface area contributed by atoms with Gasteiger partial charge in [0.2, 0.25) is 0 Å². The lowest BCUT2D eigenvalue weighted by molar-refractivity contribution is -0.221. The van der Waals surface area contributed by atoms with E-state index >= 15 is 0 Å². The quantitative estimate of drug-likeness (QED) is 0.206. The van der Waals surface area contributed by atoms with Crippen LogP contribution in [-0.4, -0.2) is 91.6 Å². The lowest BCUT2D eigenvalue weighted by Gasteiger charge is -2.58. The van der Waals surface area contributed by atoms with E-state index in [1.54, 1.807) is 12.1 Å².